The zero-order chi connectivity index (χ0) is 14.0. The molecule has 8 heteroatoms. The van der Waals surface area contributed by atoms with Crippen molar-refractivity contribution in [1.29, 1.82) is 0 Å². The SMILES string of the molecule is CCOC(=O)[C@H]1CCC(=O)N1c1nc(Cl)ncc1F. The van der Waals surface area contributed by atoms with Crippen molar-refractivity contribution in [3.05, 3.63) is 17.3 Å². The Morgan fingerprint density at radius 2 is 2.42 bits per heavy atom. The minimum atomic E-state index is -0.868. The first kappa shape index (κ1) is 13.7. The molecule has 1 amide bonds. The molecule has 102 valence electrons. The van der Waals surface area contributed by atoms with Crippen LogP contribution in [-0.2, 0) is 14.3 Å². The van der Waals surface area contributed by atoms with Crippen molar-refractivity contribution in [2.45, 2.75) is 25.8 Å². The van der Waals surface area contributed by atoms with Crippen LogP contribution >= 0.6 is 11.6 Å². The van der Waals surface area contributed by atoms with Gasteiger partial charge < -0.3 is 4.74 Å². The Kier molecular flexibility index (Phi) is 3.94. The van der Waals surface area contributed by atoms with Crippen molar-refractivity contribution in [2.75, 3.05) is 11.5 Å². The Labute approximate surface area is 113 Å². The molecule has 0 aliphatic carbocycles. The van der Waals surface area contributed by atoms with Gasteiger partial charge in [0.05, 0.1) is 12.8 Å². The van der Waals surface area contributed by atoms with Crippen LogP contribution in [0.5, 0.6) is 0 Å². The molecular formula is C11H11ClFN3O3. The molecule has 0 N–H and O–H groups in total. The van der Waals surface area contributed by atoms with Crippen molar-refractivity contribution < 1.29 is 18.7 Å². The molecule has 0 unspecified atom stereocenters. The number of esters is 1. The fourth-order valence-electron chi connectivity index (χ4n) is 1.92. The Bertz CT molecular complexity index is 526. The van der Waals surface area contributed by atoms with E-state index in [-0.39, 0.29) is 30.5 Å². The molecule has 1 aromatic heterocycles. The molecule has 0 saturated carbocycles. The van der Waals surface area contributed by atoms with Crippen LogP contribution in [0.15, 0.2) is 6.20 Å². The normalized spacial score (nSPS) is 18.8. The monoisotopic (exact) mass is 287 g/mol. The van der Waals surface area contributed by atoms with Gasteiger partial charge in [-0.25, -0.2) is 14.2 Å². The molecule has 0 bridgehead atoms. The van der Waals surface area contributed by atoms with Gasteiger partial charge in [0.15, 0.2) is 11.6 Å². The third-order valence-corrected chi connectivity index (χ3v) is 2.88. The molecule has 2 rings (SSSR count). The highest BCUT2D eigenvalue weighted by Gasteiger charge is 2.40. The van der Waals surface area contributed by atoms with Gasteiger partial charge in [0, 0.05) is 6.42 Å². The summed E-state index contributed by atoms with van der Waals surface area (Å²) >= 11 is 5.59. The molecule has 19 heavy (non-hydrogen) atoms. The first-order chi connectivity index (χ1) is 9.04. The van der Waals surface area contributed by atoms with Crippen molar-refractivity contribution >= 4 is 29.3 Å². The van der Waals surface area contributed by atoms with Gasteiger partial charge >= 0.3 is 5.97 Å². The van der Waals surface area contributed by atoms with Crippen molar-refractivity contribution in [3.63, 3.8) is 0 Å². The third kappa shape index (κ3) is 2.65. The fraction of sp³-hybridized carbons (Fsp3) is 0.455. The Hall–Kier alpha value is -1.76. The molecule has 0 spiro atoms. The summed E-state index contributed by atoms with van der Waals surface area (Å²) in [5.41, 5.74) is 0. The smallest absolute Gasteiger partial charge is 0.329 e. The zero-order valence-electron chi connectivity index (χ0n) is 10.1. The lowest BCUT2D eigenvalue weighted by Crippen LogP contribution is -2.40. The standard InChI is InChI=1S/C11H11ClFN3O3/c1-2-19-10(18)7-3-4-8(17)16(7)9-6(13)5-14-11(12)15-9/h5,7H,2-4H2,1H3/t7-/m1/s1. The number of aromatic nitrogens is 2. The Morgan fingerprint density at radius 3 is 3.11 bits per heavy atom. The molecule has 1 fully saturated rings. The minimum Gasteiger partial charge on any atom is -0.464 e. The van der Waals surface area contributed by atoms with E-state index in [4.69, 9.17) is 16.3 Å². The van der Waals surface area contributed by atoms with Gasteiger partial charge in [-0.2, -0.15) is 4.98 Å². The molecule has 1 aromatic rings. The van der Waals surface area contributed by atoms with Crippen LogP contribution in [0.25, 0.3) is 0 Å². The maximum absolute atomic E-state index is 13.7. The summed E-state index contributed by atoms with van der Waals surface area (Å²) in [6, 6.07) is -0.868. The minimum absolute atomic E-state index is 0.130. The quantitative estimate of drug-likeness (QED) is 0.619. The van der Waals surface area contributed by atoms with Crippen LogP contribution in [0.2, 0.25) is 5.28 Å². The molecule has 1 aliphatic heterocycles. The maximum atomic E-state index is 13.7. The predicted molar refractivity (Wildman–Crippen MR) is 64.1 cm³/mol. The maximum Gasteiger partial charge on any atom is 0.329 e. The van der Waals surface area contributed by atoms with Crippen molar-refractivity contribution in [2.24, 2.45) is 0 Å². The van der Waals surface area contributed by atoms with E-state index in [1.165, 1.54) is 0 Å². The number of nitrogens with zero attached hydrogens (tertiary/aromatic N) is 3. The molecule has 0 aromatic carbocycles. The van der Waals surface area contributed by atoms with E-state index in [0.717, 1.165) is 11.1 Å². The molecule has 1 saturated heterocycles. The van der Waals surface area contributed by atoms with Crippen molar-refractivity contribution in [1.82, 2.24) is 9.97 Å². The topological polar surface area (TPSA) is 72.4 Å². The van der Waals surface area contributed by atoms with Crippen LogP contribution in [0.1, 0.15) is 19.8 Å². The average molecular weight is 288 g/mol. The van der Waals surface area contributed by atoms with Gasteiger partial charge in [-0.15, -0.1) is 0 Å². The first-order valence-electron chi connectivity index (χ1n) is 5.71. The van der Waals surface area contributed by atoms with E-state index in [1.54, 1.807) is 6.92 Å². The highest BCUT2D eigenvalue weighted by molar-refractivity contribution is 6.28. The Balaban J connectivity index is 2.36. The lowest BCUT2D eigenvalue weighted by atomic mass is 10.2. The average Bonchev–Trinajstić information content (AvgIpc) is 2.74. The molecular weight excluding hydrogens is 277 g/mol. The summed E-state index contributed by atoms with van der Waals surface area (Å²) in [6.07, 6.45) is 1.25. The number of amides is 1. The summed E-state index contributed by atoms with van der Waals surface area (Å²) in [7, 11) is 0. The first-order valence-corrected chi connectivity index (χ1v) is 6.09. The molecule has 6 nitrogen and oxygen atoms in total. The number of hydrogen-bond donors (Lipinski definition) is 0. The largest absolute Gasteiger partial charge is 0.464 e. The second kappa shape index (κ2) is 5.48. The zero-order valence-corrected chi connectivity index (χ0v) is 10.9. The van der Waals surface area contributed by atoms with E-state index in [9.17, 15) is 14.0 Å². The van der Waals surface area contributed by atoms with Crippen LogP contribution in [0.4, 0.5) is 10.2 Å². The number of halogens is 2. The van der Waals surface area contributed by atoms with E-state index in [1.807, 2.05) is 0 Å². The summed E-state index contributed by atoms with van der Waals surface area (Å²) in [5, 5.41) is -0.196. The summed E-state index contributed by atoms with van der Waals surface area (Å²) in [5.74, 6) is -2.08. The third-order valence-electron chi connectivity index (χ3n) is 2.70. The van der Waals surface area contributed by atoms with Crippen LogP contribution in [0.3, 0.4) is 0 Å². The fourth-order valence-corrected chi connectivity index (χ4v) is 2.05. The lowest BCUT2D eigenvalue weighted by molar-refractivity contribution is -0.144. The molecule has 1 aliphatic rings. The summed E-state index contributed by atoms with van der Waals surface area (Å²) in [6.45, 7) is 1.84. The molecule has 0 radical (unpaired) electrons. The molecule has 2 heterocycles. The highest BCUT2D eigenvalue weighted by Crippen LogP contribution is 2.28. The van der Waals surface area contributed by atoms with Crippen LogP contribution in [0, 0.1) is 5.82 Å². The van der Waals surface area contributed by atoms with E-state index < -0.39 is 23.7 Å². The molecule has 1 atom stereocenters. The van der Waals surface area contributed by atoms with Gasteiger partial charge in [0.1, 0.15) is 6.04 Å². The second-order valence-corrected chi connectivity index (χ2v) is 4.22. The predicted octanol–water partition coefficient (Wildman–Crippen LogP) is 1.33. The number of carbonyl (C=O) groups is 2. The van der Waals surface area contributed by atoms with Crippen LogP contribution < -0.4 is 4.90 Å². The number of anilines is 1. The summed E-state index contributed by atoms with van der Waals surface area (Å²) < 4.78 is 18.6. The Morgan fingerprint density at radius 1 is 1.68 bits per heavy atom. The van der Waals surface area contributed by atoms with E-state index in [0.29, 0.717) is 0 Å². The lowest BCUT2D eigenvalue weighted by Gasteiger charge is -2.22. The number of rotatable bonds is 3. The van der Waals surface area contributed by atoms with Gasteiger partial charge in [-0.1, -0.05) is 0 Å². The van der Waals surface area contributed by atoms with Gasteiger partial charge in [0.2, 0.25) is 11.2 Å². The highest BCUT2D eigenvalue weighted by atomic mass is 35.5. The van der Waals surface area contributed by atoms with E-state index >= 15 is 0 Å². The van der Waals surface area contributed by atoms with Gasteiger partial charge in [0.25, 0.3) is 0 Å². The van der Waals surface area contributed by atoms with Gasteiger partial charge in [-0.05, 0) is 24.9 Å². The summed E-state index contributed by atoms with van der Waals surface area (Å²) in [4.78, 5) is 31.7. The second-order valence-electron chi connectivity index (χ2n) is 3.88. The van der Waals surface area contributed by atoms with Crippen LogP contribution in [-0.4, -0.2) is 34.5 Å². The van der Waals surface area contributed by atoms with Crippen molar-refractivity contribution in [3.8, 4) is 0 Å². The van der Waals surface area contributed by atoms with E-state index in [2.05, 4.69) is 9.97 Å². The number of carbonyl (C=O) groups excluding carboxylic acids is 2. The number of ether oxygens (including phenoxy) is 1. The van der Waals surface area contributed by atoms with Gasteiger partial charge in [-0.3, -0.25) is 9.69 Å². The number of hydrogen-bond acceptors (Lipinski definition) is 5.